The summed E-state index contributed by atoms with van der Waals surface area (Å²) in [6.45, 7) is 0.304. The van der Waals surface area contributed by atoms with Gasteiger partial charge < -0.3 is 4.74 Å². The summed E-state index contributed by atoms with van der Waals surface area (Å²) in [5.74, 6) is 0.214. The van der Waals surface area contributed by atoms with E-state index in [4.69, 9.17) is 4.74 Å². The van der Waals surface area contributed by atoms with E-state index in [1.807, 2.05) is 24.3 Å². The molecule has 2 aromatic rings. The van der Waals surface area contributed by atoms with Crippen molar-refractivity contribution in [1.29, 1.82) is 0 Å². The molecule has 0 aromatic heterocycles. The van der Waals surface area contributed by atoms with Crippen molar-refractivity contribution >= 4 is 10.0 Å². The van der Waals surface area contributed by atoms with E-state index in [2.05, 4.69) is 4.72 Å². The Labute approximate surface area is 148 Å². The number of rotatable bonds is 6. The van der Waals surface area contributed by atoms with Crippen molar-refractivity contribution in [3.05, 3.63) is 59.9 Å². The molecule has 0 spiro atoms. The van der Waals surface area contributed by atoms with Crippen LogP contribution in [-0.4, -0.2) is 22.1 Å². The van der Waals surface area contributed by atoms with Gasteiger partial charge in [0.05, 0.1) is 12.0 Å². The number of hydrogen-bond acceptors (Lipinski definition) is 3. The van der Waals surface area contributed by atoms with E-state index in [1.54, 1.807) is 7.11 Å². The van der Waals surface area contributed by atoms with Crippen LogP contribution >= 0.6 is 0 Å². The van der Waals surface area contributed by atoms with Crippen LogP contribution in [0, 0.1) is 5.82 Å². The van der Waals surface area contributed by atoms with Gasteiger partial charge in [-0.05, 0) is 48.7 Å². The van der Waals surface area contributed by atoms with Crippen LogP contribution in [0.1, 0.15) is 31.2 Å². The molecule has 0 bridgehead atoms. The molecule has 0 amide bonds. The number of sulfonamides is 1. The number of halogens is 1. The highest BCUT2D eigenvalue weighted by atomic mass is 32.2. The van der Waals surface area contributed by atoms with E-state index in [0.29, 0.717) is 6.54 Å². The van der Waals surface area contributed by atoms with E-state index >= 15 is 0 Å². The first-order valence-corrected chi connectivity index (χ1v) is 9.83. The van der Waals surface area contributed by atoms with Crippen LogP contribution in [0.25, 0.3) is 0 Å². The van der Waals surface area contributed by atoms with Crippen molar-refractivity contribution in [2.24, 2.45) is 0 Å². The third-order valence-electron chi connectivity index (χ3n) is 4.97. The lowest BCUT2D eigenvalue weighted by molar-refractivity contribution is 0.410. The Kier molecular flexibility index (Phi) is 5.11. The summed E-state index contributed by atoms with van der Waals surface area (Å²) in [6, 6.07) is 12.9. The lowest BCUT2D eigenvalue weighted by Gasteiger charge is -2.30. The number of ether oxygens (including phenoxy) is 1. The van der Waals surface area contributed by atoms with Gasteiger partial charge in [0.25, 0.3) is 0 Å². The molecule has 1 N–H and O–H groups in total. The molecule has 25 heavy (non-hydrogen) atoms. The maximum absolute atomic E-state index is 13.3. The standard InChI is InChI=1S/C19H22FNO3S/c1-24-17-9-7-15(8-10-17)19(11-2-3-12-19)14-21-25(22,23)18-6-4-5-16(20)13-18/h4-10,13,21H,2-3,11-12,14H2,1H3. The second-order valence-electron chi connectivity index (χ2n) is 6.50. The van der Waals surface area contributed by atoms with Gasteiger partial charge in [0.2, 0.25) is 10.0 Å². The lowest BCUT2D eigenvalue weighted by atomic mass is 9.79. The molecule has 6 heteroatoms. The van der Waals surface area contributed by atoms with Crippen LogP contribution < -0.4 is 9.46 Å². The second-order valence-corrected chi connectivity index (χ2v) is 8.26. The summed E-state index contributed by atoms with van der Waals surface area (Å²) in [4.78, 5) is -0.0459. The predicted octanol–water partition coefficient (Wildman–Crippen LogP) is 3.62. The number of benzene rings is 2. The van der Waals surface area contributed by atoms with Crippen molar-refractivity contribution in [2.75, 3.05) is 13.7 Å². The summed E-state index contributed by atoms with van der Waals surface area (Å²) < 4.78 is 46.3. The van der Waals surface area contributed by atoms with Gasteiger partial charge in [0.1, 0.15) is 11.6 Å². The fourth-order valence-electron chi connectivity index (χ4n) is 3.51. The van der Waals surface area contributed by atoms with Crippen molar-refractivity contribution in [3.63, 3.8) is 0 Å². The second kappa shape index (κ2) is 7.14. The minimum absolute atomic E-state index is 0.0459. The molecule has 1 aliphatic rings. The van der Waals surface area contributed by atoms with Crippen molar-refractivity contribution in [3.8, 4) is 5.75 Å². The van der Waals surface area contributed by atoms with Crippen LogP contribution in [0.4, 0.5) is 4.39 Å². The molecule has 0 radical (unpaired) electrons. The molecule has 0 heterocycles. The number of methoxy groups -OCH3 is 1. The number of nitrogens with one attached hydrogen (secondary N) is 1. The third kappa shape index (κ3) is 3.85. The number of hydrogen-bond donors (Lipinski definition) is 1. The fourth-order valence-corrected chi connectivity index (χ4v) is 4.67. The Hall–Kier alpha value is -1.92. The Morgan fingerprint density at radius 1 is 1.12 bits per heavy atom. The molecular formula is C19H22FNO3S. The molecule has 0 aliphatic heterocycles. The zero-order valence-electron chi connectivity index (χ0n) is 14.2. The Bertz CT molecular complexity index is 828. The monoisotopic (exact) mass is 363 g/mol. The molecule has 1 aliphatic carbocycles. The molecule has 0 unspecified atom stereocenters. The van der Waals surface area contributed by atoms with Gasteiger partial charge in [-0.15, -0.1) is 0 Å². The largest absolute Gasteiger partial charge is 0.497 e. The SMILES string of the molecule is COc1ccc(C2(CNS(=O)(=O)c3cccc(F)c3)CCCC2)cc1. The first-order valence-electron chi connectivity index (χ1n) is 8.35. The first-order chi connectivity index (χ1) is 12.0. The zero-order valence-corrected chi connectivity index (χ0v) is 15.0. The van der Waals surface area contributed by atoms with E-state index in [9.17, 15) is 12.8 Å². The average Bonchev–Trinajstić information content (AvgIpc) is 3.10. The van der Waals surface area contributed by atoms with Crippen LogP contribution in [-0.2, 0) is 15.4 Å². The zero-order chi connectivity index (χ0) is 17.9. The maximum Gasteiger partial charge on any atom is 0.240 e. The summed E-state index contributed by atoms with van der Waals surface area (Å²) in [6.07, 6.45) is 3.97. The highest BCUT2D eigenvalue weighted by molar-refractivity contribution is 7.89. The summed E-state index contributed by atoms with van der Waals surface area (Å²) in [5.41, 5.74) is 0.875. The summed E-state index contributed by atoms with van der Waals surface area (Å²) in [7, 11) is -2.13. The fraction of sp³-hybridized carbons (Fsp3) is 0.368. The summed E-state index contributed by atoms with van der Waals surface area (Å²) >= 11 is 0. The maximum atomic E-state index is 13.3. The minimum atomic E-state index is -3.74. The first kappa shape index (κ1) is 17.9. The van der Waals surface area contributed by atoms with E-state index < -0.39 is 15.8 Å². The van der Waals surface area contributed by atoms with Crippen LogP contribution in [0.15, 0.2) is 53.4 Å². The molecule has 1 saturated carbocycles. The highest BCUT2D eigenvalue weighted by Crippen LogP contribution is 2.41. The van der Waals surface area contributed by atoms with Crippen LogP contribution in [0.2, 0.25) is 0 Å². The van der Waals surface area contributed by atoms with Gasteiger partial charge in [0, 0.05) is 12.0 Å². The van der Waals surface area contributed by atoms with E-state index in [1.165, 1.54) is 18.2 Å². The Morgan fingerprint density at radius 2 is 1.80 bits per heavy atom. The van der Waals surface area contributed by atoms with Crippen LogP contribution in [0.5, 0.6) is 5.75 Å². The van der Waals surface area contributed by atoms with Gasteiger partial charge in [0.15, 0.2) is 0 Å². The molecule has 2 aromatic carbocycles. The Balaban J connectivity index is 1.82. The van der Waals surface area contributed by atoms with E-state index in [0.717, 1.165) is 43.1 Å². The van der Waals surface area contributed by atoms with Gasteiger partial charge in [-0.1, -0.05) is 31.0 Å². The van der Waals surface area contributed by atoms with Gasteiger partial charge in [-0.2, -0.15) is 0 Å². The molecule has 0 saturated heterocycles. The highest BCUT2D eigenvalue weighted by Gasteiger charge is 2.36. The lowest BCUT2D eigenvalue weighted by Crippen LogP contribution is -2.39. The smallest absolute Gasteiger partial charge is 0.240 e. The topological polar surface area (TPSA) is 55.4 Å². The predicted molar refractivity (Wildman–Crippen MR) is 94.7 cm³/mol. The van der Waals surface area contributed by atoms with Gasteiger partial charge >= 0.3 is 0 Å². The molecule has 3 rings (SSSR count). The molecule has 1 fully saturated rings. The van der Waals surface area contributed by atoms with Crippen LogP contribution in [0.3, 0.4) is 0 Å². The molecule has 134 valence electrons. The molecule has 4 nitrogen and oxygen atoms in total. The quantitative estimate of drug-likeness (QED) is 0.853. The van der Waals surface area contributed by atoms with Crippen molar-refractivity contribution in [2.45, 2.75) is 36.0 Å². The van der Waals surface area contributed by atoms with E-state index in [-0.39, 0.29) is 10.3 Å². The van der Waals surface area contributed by atoms with Gasteiger partial charge in [-0.25, -0.2) is 17.5 Å². The third-order valence-corrected chi connectivity index (χ3v) is 6.37. The van der Waals surface area contributed by atoms with Gasteiger partial charge in [-0.3, -0.25) is 0 Å². The summed E-state index contributed by atoms with van der Waals surface area (Å²) in [5, 5.41) is 0. The van der Waals surface area contributed by atoms with Crippen molar-refractivity contribution < 1.29 is 17.5 Å². The minimum Gasteiger partial charge on any atom is -0.497 e. The molecule has 0 atom stereocenters. The van der Waals surface area contributed by atoms with Crippen molar-refractivity contribution in [1.82, 2.24) is 4.72 Å². The molecular weight excluding hydrogens is 341 g/mol. The Morgan fingerprint density at radius 3 is 2.40 bits per heavy atom. The average molecular weight is 363 g/mol. The normalized spacial score (nSPS) is 16.7.